The monoisotopic (exact) mass is 554 g/mol. The standard InChI is InChI=1S/C28H31ClN4O4S/c1-2-18-38(36,37)33-16-14-32(15-17-33)19-20-6-12-23(13-7-20)31-28(35)22-10-8-21(9-11-22)26-24(27(30)34)4-3-5-25(26)29/h3-13H,2,14-19H2,1H3,(H2,30,34)(H,31,35). The van der Waals surface area contributed by atoms with E-state index in [4.69, 9.17) is 17.3 Å². The lowest BCUT2D eigenvalue weighted by Gasteiger charge is -2.34. The third kappa shape index (κ3) is 6.60. The summed E-state index contributed by atoms with van der Waals surface area (Å²) >= 11 is 6.31. The molecule has 1 aliphatic rings. The Morgan fingerprint density at radius 3 is 2.21 bits per heavy atom. The Labute approximate surface area is 228 Å². The molecular weight excluding hydrogens is 524 g/mol. The molecule has 4 rings (SSSR count). The van der Waals surface area contributed by atoms with E-state index < -0.39 is 15.9 Å². The Morgan fingerprint density at radius 2 is 1.61 bits per heavy atom. The number of hydrogen-bond acceptors (Lipinski definition) is 5. The Balaban J connectivity index is 1.34. The van der Waals surface area contributed by atoms with Crippen molar-refractivity contribution in [2.45, 2.75) is 19.9 Å². The lowest BCUT2D eigenvalue weighted by molar-refractivity contribution is 0.0998. The van der Waals surface area contributed by atoms with Gasteiger partial charge in [-0.15, -0.1) is 0 Å². The number of benzene rings is 3. The van der Waals surface area contributed by atoms with Gasteiger partial charge in [0.25, 0.3) is 5.91 Å². The molecule has 1 aliphatic heterocycles. The average molecular weight is 555 g/mol. The van der Waals surface area contributed by atoms with Crippen molar-refractivity contribution in [1.82, 2.24) is 9.21 Å². The van der Waals surface area contributed by atoms with Crippen molar-refractivity contribution in [3.05, 3.63) is 88.4 Å². The van der Waals surface area contributed by atoms with Crippen LogP contribution in [0, 0.1) is 0 Å². The van der Waals surface area contributed by atoms with Crippen molar-refractivity contribution in [3.63, 3.8) is 0 Å². The Kier molecular flexibility index (Phi) is 8.83. The zero-order valence-corrected chi connectivity index (χ0v) is 22.8. The van der Waals surface area contributed by atoms with Crippen molar-refractivity contribution in [1.29, 1.82) is 0 Å². The van der Waals surface area contributed by atoms with Crippen LogP contribution in [0.5, 0.6) is 0 Å². The molecule has 1 heterocycles. The number of carbonyl (C=O) groups excluding carboxylic acids is 2. The topological polar surface area (TPSA) is 113 Å². The third-order valence-electron chi connectivity index (χ3n) is 6.52. The predicted molar refractivity (Wildman–Crippen MR) is 151 cm³/mol. The first-order valence-electron chi connectivity index (χ1n) is 12.5. The molecule has 3 aromatic rings. The van der Waals surface area contributed by atoms with E-state index in [0.717, 1.165) is 5.56 Å². The molecule has 38 heavy (non-hydrogen) atoms. The van der Waals surface area contributed by atoms with E-state index >= 15 is 0 Å². The predicted octanol–water partition coefficient (Wildman–Crippen LogP) is 4.22. The fourth-order valence-electron chi connectivity index (χ4n) is 4.52. The minimum atomic E-state index is -3.15. The van der Waals surface area contributed by atoms with Crippen molar-refractivity contribution in [3.8, 4) is 11.1 Å². The van der Waals surface area contributed by atoms with Gasteiger partial charge in [0.2, 0.25) is 15.9 Å². The Morgan fingerprint density at radius 1 is 0.947 bits per heavy atom. The fraction of sp³-hybridized carbons (Fsp3) is 0.286. The van der Waals surface area contributed by atoms with Crippen LogP contribution in [0.4, 0.5) is 5.69 Å². The molecule has 0 radical (unpaired) electrons. The molecule has 0 unspecified atom stereocenters. The second-order valence-corrected chi connectivity index (χ2v) is 11.7. The SMILES string of the molecule is CCCS(=O)(=O)N1CCN(Cc2ccc(NC(=O)c3ccc(-c4c(Cl)cccc4C(N)=O)cc3)cc2)CC1. The first-order chi connectivity index (χ1) is 18.2. The number of nitrogens with one attached hydrogen (secondary N) is 1. The molecule has 0 aliphatic carbocycles. The summed E-state index contributed by atoms with van der Waals surface area (Å²) in [5.74, 6) is -0.639. The molecule has 200 valence electrons. The van der Waals surface area contributed by atoms with E-state index in [9.17, 15) is 18.0 Å². The summed E-state index contributed by atoms with van der Waals surface area (Å²) in [6, 6.07) is 19.4. The molecule has 1 saturated heterocycles. The summed E-state index contributed by atoms with van der Waals surface area (Å²) in [6.07, 6.45) is 0.622. The van der Waals surface area contributed by atoms with Crippen molar-refractivity contribution in [2.75, 3.05) is 37.2 Å². The van der Waals surface area contributed by atoms with Gasteiger partial charge in [-0.3, -0.25) is 14.5 Å². The smallest absolute Gasteiger partial charge is 0.255 e. The maximum absolute atomic E-state index is 12.8. The molecule has 1 fully saturated rings. The molecular formula is C28H31ClN4O4S. The van der Waals surface area contributed by atoms with Crippen LogP contribution in [-0.4, -0.2) is 61.4 Å². The van der Waals surface area contributed by atoms with E-state index in [0.29, 0.717) is 72.1 Å². The van der Waals surface area contributed by atoms with Gasteiger partial charge in [-0.05, 0) is 53.9 Å². The first kappa shape index (κ1) is 27.8. The van der Waals surface area contributed by atoms with Crippen LogP contribution >= 0.6 is 11.6 Å². The van der Waals surface area contributed by atoms with Crippen LogP contribution in [0.1, 0.15) is 39.6 Å². The van der Waals surface area contributed by atoms with Gasteiger partial charge < -0.3 is 11.1 Å². The van der Waals surface area contributed by atoms with Gasteiger partial charge >= 0.3 is 0 Å². The number of amides is 2. The number of hydrogen-bond donors (Lipinski definition) is 2. The number of halogens is 1. The molecule has 0 saturated carbocycles. The molecule has 2 amide bonds. The van der Waals surface area contributed by atoms with Crippen LogP contribution < -0.4 is 11.1 Å². The number of nitrogens with zero attached hydrogens (tertiary/aromatic N) is 2. The van der Waals surface area contributed by atoms with Crippen LogP contribution in [0.2, 0.25) is 5.02 Å². The van der Waals surface area contributed by atoms with Gasteiger partial charge in [-0.25, -0.2) is 8.42 Å². The first-order valence-corrected chi connectivity index (χ1v) is 14.5. The number of nitrogens with two attached hydrogens (primary N) is 1. The highest BCUT2D eigenvalue weighted by Gasteiger charge is 2.26. The van der Waals surface area contributed by atoms with E-state index in [1.54, 1.807) is 46.8 Å². The molecule has 0 atom stereocenters. The summed E-state index contributed by atoms with van der Waals surface area (Å²) in [5, 5.41) is 3.30. The lowest BCUT2D eigenvalue weighted by Crippen LogP contribution is -2.48. The summed E-state index contributed by atoms with van der Waals surface area (Å²) in [6.45, 7) is 4.98. The molecule has 0 bridgehead atoms. The quantitative estimate of drug-likeness (QED) is 0.411. The molecule has 3 aromatic carbocycles. The number of carbonyl (C=O) groups is 2. The molecule has 10 heteroatoms. The molecule has 0 aromatic heterocycles. The highest BCUT2D eigenvalue weighted by atomic mass is 35.5. The Hall–Kier alpha value is -3.24. The van der Waals surface area contributed by atoms with E-state index in [1.165, 1.54) is 0 Å². The lowest BCUT2D eigenvalue weighted by atomic mass is 9.98. The van der Waals surface area contributed by atoms with Gasteiger partial charge in [0, 0.05) is 60.1 Å². The van der Waals surface area contributed by atoms with Crippen molar-refractivity contribution >= 4 is 39.1 Å². The third-order valence-corrected chi connectivity index (χ3v) is 8.91. The normalized spacial score (nSPS) is 14.8. The molecule has 3 N–H and O–H groups in total. The zero-order valence-electron chi connectivity index (χ0n) is 21.2. The number of primary amides is 1. The summed E-state index contributed by atoms with van der Waals surface area (Å²) in [7, 11) is -3.15. The number of anilines is 1. The fourth-order valence-corrected chi connectivity index (χ4v) is 6.30. The van der Waals surface area contributed by atoms with Gasteiger partial charge in [0.05, 0.1) is 5.75 Å². The second kappa shape index (κ2) is 12.1. The highest BCUT2D eigenvalue weighted by Crippen LogP contribution is 2.31. The van der Waals surface area contributed by atoms with Crippen molar-refractivity contribution in [2.24, 2.45) is 5.73 Å². The Bertz CT molecular complexity index is 1400. The van der Waals surface area contributed by atoms with Crippen molar-refractivity contribution < 1.29 is 18.0 Å². The van der Waals surface area contributed by atoms with Gasteiger partial charge in [0.15, 0.2) is 0 Å². The van der Waals surface area contributed by atoms with Gasteiger partial charge in [0.1, 0.15) is 0 Å². The van der Waals surface area contributed by atoms with Gasteiger partial charge in [-0.2, -0.15) is 4.31 Å². The minimum absolute atomic E-state index is 0.196. The number of sulfonamides is 1. The van der Waals surface area contributed by atoms with Crippen LogP contribution in [0.3, 0.4) is 0 Å². The van der Waals surface area contributed by atoms with Crippen LogP contribution in [0.25, 0.3) is 11.1 Å². The summed E-state index contributed by atoms with van der Waals surface area (Å²) < 4.78 is 26.1. The average Bonchev–Trinajstić information content (AvgIpc) is 2.90. The second-order valence-electron chi connectivity index (χ2n) is 9.25. The molecule has 0 spiro atoms. The van der Waals surface area contributed by atoms with Crippen LogP contribution in [-0.2, 0) is 16.6 Å². The summed E-state index contributed by atoms with van der Waals surface area (Å²) in [5.41, 5.74) is 9.24. The molecule has 8 nitrogen and oxygen atoms in total. The maximum atomic E-state index is 12.8. The minimum Gasteiger partial charge on any atom is -0.366 e. The number of piperazine rings is 1. The summed E-state index contributed by atoms with van der Waals surface area (Å²) in [4.78, 5) is 26.8. The van der Waals surface area contributed by atoms with E-state index in [2.05, 4.69) is 10.2 Å². The largest absolute Gasteiger partial charge is 0.366 e. The number of rotatable bonds is 9. The zero-order chi connectivity index (χ0) is 27.3. The van der Waals surface area contributed by atoms with E-state index in [-0.39, 0.29) is 11.7 Å². The van der Waals surface area contributed by atoms with Gasteiger partial charge in [-0.1, -0.05) is 48.9 Å². The maximum Gasteiger partial charge on any atom is 0.255 e. The van der Waals surface area contributed by atoms with Crippen LogP contribution in [0.15, 0.2) is 66.7 Å². The highest BCUT2D eigenvalue weighted by molar-refractivity contribution is 7.89. The van der Waals surface area contributed by atoms with E-state index in [1.807, 2.05) is 31.2 Å².